The highest BCUT2D eigenvalue weighted by Crippen LogP contribution is 2.42. The van der Waals surface area contributed by atoms with Crippen LogP contribution in [0.3, 0.4) is 0 Å². The number of hydrogen-bond acceptors (Lipinski definition) is 4. The second-order valence-corrected chi connectivity index (χ2v) is 5.47. The van der Waals surface area contributed by atoms with Gasteiger partial charge in [-0.1, -0.05) is 0 Å². The lowest BCUT2D eigenvalue weighted by atomic mass is 9.94. The largest absolute Gasteiger partial charge is 0.382 e. The maximum atomic E-state index is 13.5. The molecule has 1 fully saturated rings. The molecule has 0 aliphatic carbocycles. The van der Waals surface area contributed by atoms with E-state index in [1.807, 2.05) is 0 Å². The number of hydrogen-bond donors (Lipinski definition) is 1. The van der Waals surface area contributed by atoms with E-state index < -0.39 is 32.0 Å². The van der Waals surface area contributed by atoms with Crippen molar-refractivity contribution < 1.29 is 27.8 Å². The van der Waals surface area contributed by atoms with Crippen molar-refractivity contribution in [1.29, 1.82) is 0 Å². The maximum Gasteiger partial charge on any atom is 0.325 e. The van der Waals surface area contributed by atoms with Gasteiger partial charge in [-0.25, -0.2) is 4.39 Å². The third kappa shape index (κ3) is 3.54. The van der Waals surface area contributed by atoms with Crippen LogP contribution in [0.25, 0.3) is 0 Å². The Kier molecular flexibility index (Phi) is 4.32. The fourth-order valence-electron chi connectivity index (χ4n) is 1.55. The minimum absolute atomic E-state index is 0.134. The van der Waals surface area contributed by atoms with Crippen LogP contribution in [0.15, 0.2) is 0 Å². The van der Waals surface area contributed by atoms with Gasteiger partial charge in [0.05, 0.1) is 12.6 Å². The number of methoxy groups -OCH3 is 1. The Morgan fingerprint density at radius 3 is 2.73 bits per heavy atom. The predicted octanol–water partition coefficient (Wildman–Crippen LogP) is -0.471. The Bertz CT molecular complexity index is 260. The number of halogens is 1. The summed E-state index contributed by atoms with van der Waals surface area (Å²) in [7, 11) is -0.720. The van der Waals surface area contributed by atoms with Gasteiger partial charge in [0.25, 0.3) is 0 Å². The van der Waals surface area contributed by atoms with Crippen LogP contribution in [-0.4, -0.2) is 57.5 Å². The maximum absolute atomic E-state index is 13.5. The van der Waals surface area contributed by atoms with E-state index in [2.05, 4.69) is 0 Å². The molecular weight excluding hydrogens is 225 g/mol. The molecule has 0 spiro atoms. The molecule has 2 unspecified atom stereocenters. The monoisotopic (exact) mass is 240 g/mol. The first kappa shape index (κ1) is 13.1. The van der Waals surface area contributed by atoms with Crippen molar-refractivity contribution in [2.45, 2.75) is 24.4 Å². The fourth-order valence-corrected chi connectivity index (χ4v) is 2.25. The minimum Gasteiger partial charge on any atom is -0.382 e. The van der Waals surface area contributed by atoms with Crippen LogP contribution >= 0.6 is 7.60 Å². The summed E-state index contributed by atoms with van der Waals surface area (Å²) < 4.78 is 39.4. The Labute approximate surface area is 88.8 Å². The normalized spacial score (nSPS) is 40.3. The average molecular weight is 240 g/mol. The van der Waals surface area contributed by atoms with Gasteiger partial charge in [-0.15, -0.1) is 0 Å². The van der Waals surface area contributed by atoms with Crippen molar-refractivity contribution in [3.63, 3.8) is 0 Å². The van der Waals surface area contributed by atoms with Crippen LogP contribution in [0.4, 0.5) is 4.39 Å². The van der Waals surface area contributed by atoms with Crippen LogP contribution in [0.5, 0.6) is 0 Å². The summed E-state index contributed by atoms with van der Waals surface area (Å²) in [6.45, 7) is 1.15. The molecule has 0 aromatic rings. The molecule has 1 rings (SSSR count). The highest BCUT2D eigenvalue weighted by Gasteiger charge is 2.45. The molecule has 0 radical (unpaired) electrons. The Morgan fingerprint density at radius 2 is 2.27 bits per heavy atom. The highest BCUT2D eigenvalue weighted by atomic mass is 31.2. The fraction of sp³-hybridized carbons (Fsp3) is 1.00. The summed E-state index contributed by atoms with van der Waals surface area (Å²) >= 11 is 0. The zero-order valence-corrected chi connectivity index (χ0v) is 9.82. The lowest BCUT2D eigenvalue weighted by molar-refractivity contribution is -0.0131. The summed E-state index contributed by atoms with van der Waals surface area (Å²) in [5.74, 6) is 0. The lowest BCUT2D eigenvalue weighted by Gasteiger charge is -2.20. The van der Waals surface area contributed by atoms with Crippen LogP contribution in [0.2, 0.25) is 0 Å². The first-order valence-corrected chi connectivity index (χ1v) is 6.64. The Morgan fingerprint density at radius 1 is 1.67 bits per heavy atom. The van der Waals surface area contributed by atoms with Crippen LogP contribution in [0, 0.1) is 0 Å². The standard InChI is InChI=1S/C7H15BFO5P/c1-12-3-4-6(14-15(2,10)11)5(9)7(8)13-4/h4-7H,3,8H2,1-2H3,(H,10,11)/t4-,5-,6?,7-/m1/s1. The zero-order valence-electron chi connectivity index (χ0n) is 8.92. The second kappa shape index (κ2) is 4.93. The molecular formula is C7H15BFO5P. The molecule has 1 aliphatic heterocycles. The van der Waals surface area contributed by atoms with Gasteiger partial charge < -0.3 is 14.4 Å². The van der Waals surface area contributed by atoms with Crippen molar-refractivity contribution in [3.8, 4) is 0 Å². The smallest absolute Gasteiger partial charge is 0.325 e. The first-order chi connectivity index (χ1) is 6.85. The third-order valence-corrected chi connectivity index (χ3v) is 2.80. The van der Waals surface area contributed by atoms with Gasteiger partial charge in [0.1, 0.15) is 26.2 Å². The van der Waals surface area contributed by atoms with Gasteiger partial charge in [-0.05, 0) is 0 Å². The van der Waals surface area contributed by atoms with E-state index in [1.165, 1.54) is 7.11 Å². The average Bonchev–Trinajstić information content (AvgIpc) is 2.32. The Balaban J connectivity index is 2.68. The quantitative estimate of drug-likeness (QED) is 0.531. The van der Waals surface area contributed by atoms with E-state index in [9.17, 15) is 8.96 Å². The Hall–Kier alpha value is 0.0649. The summed E-state index contributed by atoms with van der Waals surface area (Å²) in [4.78, 5) is 9.04. The minimum atomic E-state index is -3.72. The van der Waals surface area contributed by atoms with Gasteiger partial charge >= 0.3 is 7.60 Å². The second-order valence-electron chi connectivity index (χ2n) is 3.65. The van der Waals surface area contributed by atoms with E-state index in [4.69, 9.17) is 18.9 Å². The molecule has 15 heavy (non-hydrogen) atoms. The van der Waals surface area contributed by atoms with E-state index >= 15 is 0 Å². The van der Waals surface area contributed by atoms with E-state index in [0.29, 0.717) is 0 Å². The summed E-state index contributed by atoms with van der Waals surface area (Å²) in [5.41, 5.74) is 0. The summed E-state index contributed by atoms with van der Waals surface area (Å²) in [5, 5.41) is 0. The van der Waals surface area contributed by atoms with Crippen LogP contribution in [-0.2, 0) is 18.6 Å². The topological polar surface area (TPSA) is 65.0 Å². The van der Waals surface area contributed by atoms with Crippen LogP contribution < -0.4 is 0 Å². The van der Waals surface area contributed by atoms with Crippen molar-refractivity contribution >= 4 is 15.4 Å². The molecule has 1 N–H and O–H groups in total. The molecule has 0 aromatic carbocycles. The molecule has 8 heteroatoms. The van der Waals surface area contributed by atoms with Crippen molar-refractivity contribution in [2.24, 2.45) is 0 Å². The molecule has 0 bridgehead atoms. The van der Waals surface area contributed by atoms with Crippen molar-refractivity contribution in [2.75, 3.05) is 20.4 Å². The van der Waals surface area contributed by atoms with Gasteiger partial charge in [0, 0.05) is 13.8 Å². The predicted molar refractivity (Wildman–Crippen MR) is 54.6 cm³/mol. The van der Waals surface area contributed by atoms with Crippen molar-refractivity contribution in [1.82, 2.24) is 0 Å². The SMILES string of the molecule is B[C@@H]1O[C@H](COC)C(OP(C)(=O)O)[C@H]1F. The summed E-state index contributed by atoms with van der Waals surface area (Å²) in [6.07, 6.45) is -3.09. The molecule has 5 nitrogen and oxygen atoms in total. The van der Waals surface area contributed by atoms with E-state index in [1.54, 1.807) is 7.85 Å². The van der Waals surface area contributed by atoms with Gasteiger partial charge in [-0.2, -0.15) is 0 Å². The molecule has 5 atom stereocenters. The number of ether oxygens (including phenoxy) is 2. The van der Waals surface area contributed by atoms with Crippen LogP contribution in [0.1, 0.15) is 0 Å². The number of rotatable bonds is 4. The van der Waals surface area contributed by atoms with E-state index in [0.717, 1.165) is 6.66 Å². The first-order valence-electron chi connectivity index (χ1n) is 4.62. The zero-order chi connectivity index (χ0) is 11.6. The lowest BCUT2D eigenvalue weighted by Crippen LogP contribution is -2.33. The molecule has 88 valence electrons. The number of alkyl halides is 1. The van der Waals surface area contributed by atoms with Gasteiger partial charge in [0.2, 0.25) is 0 Å². The molecule has 1 aliphatic rings. The van der Waals surface area contributed by atoms with Gasteiger partial charge in [0.15, 0.2) is 0 Å². The summed E-state index contributed by atoms with van der Waals surface area (Å²) in [6, 6.07) is -0.651. The van der Waals surface area contributed by atoms with E-state index in [-0.39, 0.29) is 6.61 Å². The molecule has 0 aromatic heterocycles. The molecule has 1 heterocycles. The molecule has 0 amide bonds. The highest BCUT2D eigenvalue weighted by molar-refractivity contribution is 7.51. The molecule has 0 saturated carbocycles. The third-order valence-electron chi connectivity index (χ3n) is 2.17. The van der Waals surface area contributed by atoms with Gasteiger partial charge in [-0.3, -0.25) is 9.09 Å². The molecule has 1 saturated heterocycles. The van der Waals surface area contributed by atoms with Crippen molar-refractivity contribution in [3.05, 3.63) is 0 Å².